The Morgan fingerprint density at radius 1 is 1.16 bits per heavy atom. The van der Waals surface area contributed by atoms with Crippen molar-refractivity contribution in [3.05, 3.63) is 29.8 Å². The van der Waals surface area contributed by atoms with Crippen molar-refractivity contribution >= 4 is 10.0 Å². The van der Waals surface area contributed by atoms with E-state index in [1.54, 1.807) is 31.3 Å². The van der Waals surface area contributed by atoms with Crippen LogP contribution in [0.4, 0.5) is 0 Å². The molecular formula is C13H23N3O2S. The Balaban J connectivity index is 2.78. The standard InChI is InChI=1S/C13H23N3O2S/c1-4-15-10-12(9-14-3)16-19(17,18)13-7-5-11(2)6-8-13/h5-8,12,14-16H,4,9-10H2,1-3H3/t12-/m1/s1. The lowest BCUT2D eigenvalue weighted by Crippen LogP contribution is -2.47. The molecule has 0 aliphatic rings. The van der Waals surface area contributed by atoms with Gasteiger partial charge in [0.15, 0.2) is 0 Å². The normalized spacial score (nSPS) is 13.4. The van der Waals surface area contributed by atoms with Gasteiger partial charge in [0, 0.05) is 19.1 Å². The summed E-state index contributed by atoms with van der Waals surface area (Å²) in [5.74, 6) is 0. The van der Waals surface area contributed by atoms with Gasteiger partial charge in [-0.2, -0.15) is 0 Å². The number of sulfonamides is 1. The third-order valence-corrected chi connectivity index (χ3v) is 4.28. The maximum atomic E-state index is 12.2. The van der Waals surface area contributed by atoms with Crippen molar-refractivity contribution in [2.24, 2.45) is 0 Å². The minimum atomic E-state index is -3.46. The molecule has 108 valence electrons. The van der Waals surface area contributed by atoms with Crippen molar-refractivity contribution in [2.75, 3.05) is 26.7 Å². The molecule has 0 aromatic heterocycles. The van der Waals surface area contributed by atoms with Crippen LogP contribution in [0.15, 0.2) is 29.2 Å². The van der Waals surface area contributed by atoms with Crippen LogP contribution in [-0.4, -0.2) is 41.1 Å². The topological polar surface area (TPSA) is 70.2 Å². The molecule has 0 radical (unpaired) electrons. The first-order valence-corrected chi connectivity index (χ1v) is 7.92. The summed E-state index contributed by atoms with van der Waals surface area (Å²) in [6.45, 7) is 5.91. The van der Waals surface area contributed by atoms with Crippen molar-refractivity contribution < 1.29 is 8.42 Å². The zero-order valence-corrected chi connectivity index (χ0v) is 12.5. The highest BCUT2D eigenvalue weighted by atomic mass is 32.2. The Labute approximate surface area is 115 Å². The molecule has 0 heterocycles. The van der Waals surface area contributed by atoms with Crippen LogP contribution < -0.4 is 15.4 Å². The lowest BCUT2D eigenvalue weighted by atomic mass is 10.2. The van der Waals surface area contributed by atoms with Gasteiger partial charge >= 0.3 is 0 Å². The molecule has 5 nitrogen and oxygen atoms in total. The van der Waals surface area contributed by atoms with E-state index in [1.807, 2.05) is 13.8 Å². The summed E-state index contributed by atoms with van der Waals surface area (Å²) < 4.78 is 27.2. The average Bonchev–Trinajstić information content (AvgIpc) is 2.36. The number of hydrogen-bond acceptors (Lipinski definition) is 4. The molecule has 1 aromatic carbocycles. The summed E-state index contributed by atoms with van der Waals surface area (Å²) in [4.78, 5) is 0.302. The number of aryl methyl sites for hydroxylation is 1. The number of hydrogen-bond donors (Lipinski definition) is 3. The fraction of sp³-hybridized carbons (Fsp3) is 0.538. The second kappa shape index (κ2) is 7.59. The quantitative estimate of drug-likeness (QED) is 0.649. The van der Waals surface area contributed by atoms with E-state index in [2.05, 4.69) is 15.4 Å². The molecule has 0 aliphatic heterocycles. The van der Waals surface area contributed by atoms with Gasteiger partial charge in [0.2, 0.25) is 10.0 Å². The van der Waals surface area contributed by atoms with Crippen LogP contribution >= 0.6 is 0 Å². The van der Waals surface area contributed by atoms with E-state index in [0.717, 1.165) is 12.1 Å². The van der Waals surface area contributed by atoms with Gasteiger partial charge < -0.3 is 10.6 Å². The van der Waals surface area contributed by atoms with E-state index in [9.17, 15) is 8.42 Å². The second-order valence-corrected chi connectivity index (χ2v) is 6.21. The molecule has 0 saturated heterocycles. The largest absolute Gasteiger partial charge is 0.318 e. The predicted molar refractivity (Wildman–Crippen MR) is 77.8 cm³/mol. The summed E-state index contributed by atoms with van der Waals surface area (Å²) >= 11 is 0. The Morgan fingerprint density at radius 3 is 2.32 bits per heavy atom. The van der Waals surface area contributed by atoms with Gasteiger partial charge in [-0.05, 0) is 32.6 Å². The molecule has 0 amide bonds. The lowest BCUT2D eigenvalue weighted by Gasteiger charge is -2.18. The van der Waals surface area contributed by atoms with Crippen molar-refractivity contribution in [2.45, 2.75) is 24.8 Å². The summed E-state index contributed by atoms with van der Waals surface area (Å²) in [6, 6.07) is 6.68. The third kappa shape index (κ3) is 5.28. The van der Waals surface area contributed by atoms with Crippen molar-refractivity contribution in [3.8, 4) is 0 Å². The minimum absolute atomic E-state index is 0.170. The molecule has 19 heavy (non-hydrogen) atoms. The number of likely N-dealkylation sites (N-methyl/N-ethyl adjacent to an activating group) is 2. The number of nitrogens with one attached hydrogen (secondary N) is 3. The zero-order valence-electron chi connectivity index (χ0n) is 11.7. The first kappa shape index (κ1) is 16.1. The van der Waals surface area contributed by atoms with Gasteiger partial charge in [-0.15, -0.1) is 0 Å². The molecule has 1 atom stereocenters. The Morgan fingerprint density at radius 2 is 1.79 bits per heavy atom. The SMILES string of the molecule is CCNC[C@@H](CNC)NS(=O)(=O)c1ccc(C)cc1. The van der Waals surface area contributed by atoms with Crippen molar-refractivity contribution in [3.63, 3.8) is 0 Å². The highest BCUT2D eigenvalue weighted by molar-refractivity contribution is 7.89. The fourth-order valence-electron chi connectivity index (χ4n) is 1.73. The van der Waals surface area contributed by atoms with Crippen LogP contribution in [0.5, 0.6) is 0 Å². The molecule has 0 spiro atoms. The first-order valence-electron chi connectivity index (χ1n) is 6.44. The molecular weight excluding hydrogens is 262 g/mol. The summed E-state index contributed by atoms with van der Waals surface area (Å²) in [6.07, 6.45) is 0. The van der Waals surface area contributed by atoms with Crippen LogP contribution in [0, 0.1) is 6.92 Å². The second-order valence-electron chi connectivity index (χ2n) is 4.50. The molecule has 0 saturated carbocycles. The molecule has 3 N–H and O–H groups in total. The van der Waals surface area contributed by atoms with Gasteiger partial charge in [0.25, 0.3) is 0 Å². The van der Waals surface area contributed by atoms with E-state index >= 15 is 0 Å². The summed E-state index contributed by atoms with van der Waals surface area (Å²) in [5, 5.41) is 6.14. The molecule has 0 fully saturated rings. The van der Waals surface area contributed by atoms with Gasteiger partial charge in [-0.1, -0.05) is 24.6 Å². The first-order chi connectivity index (χ1) is 8.99. The fourth-order valence-corrected chi connectivity index (χ4v) is 2.96. The smallest absolute Gasteiger partial charge is 0.240 e. The zero-order chi connectivity index (χ0) is 14.3. The van der Waals surface area contributed by atoms with Crippen LogP contribution in [-0.2, 0) is 10.0 Å². The molecule has 0 aliphatic carbocycles. The molecule has 6 heteroatoms. The van der Waals surface area contributed by atoms with E-state index < -0.39 is 10.0 Å². The Hall–Kier alpha value is -0.950. The third-order valence-electron chi connectivity index (χ3n) is 2.74. The highest BCUT2D eigenvalue weighted by Crippen LogP contribution is 2.10. The van der Waals surface area contributed by atoms with Crippen LogP contribution in [0.25, 0.3) is 0 Å². The van der Waals surface area contributed by atoms with Gasteiger partial charge in [0.05, 0.1) is 4.90 Å². The maximum absolute atomic E-state index is 12.2. The van der Waals surface area contributed by atoms with Crippen molar-refractivity contribution in [1.29, 1.82) is 0 Å². The van der Waals surface area contributed by atoms with E-state index in [0.29, 0.717) is 18.0 Å². The predicted octanol–water partition coefficient (Wildman–Crippen LogP) is 0.471. The van der Waals surface area contributed by atoms with E-state index in [1.165, 1.54) is 0 Å². The monoisotopic (exact) mass is 285 g/mol. The lowest BCUT2D eigenvalue weighted by molar-refractivity contribution is 0.506. The van der Waals surface area contributed by atoms with E-state index in [4.69, 9.17) is 0 Å². The Kier molecular flexibility index (Phi) is 6.44. The number of benzene rings is 1. The van der Waals surface area contributed by atoms with Gasteiger partial charge in [0.1, 0.15) is 0 Å². The maximum Gasteiger partial charge on any atom is 0.240 e. The van der Waals surface area contributed by atoms with E-state index in [-0.39, 0.29) is 6.04 Å². The number of rotatable bonds is 8. The summed E-state index contributed by atoms with van der Waals surface area (Å²) in [7, 11) is -1.65. The van der Waals surface area contributed by atoms with Crippen LogP contribution in [0.3, 0.4) is 0 Å². The molecule has 1 aromatic rings. The van der Waals surface area contributed by atoms with Gasteiger partial charge in [-0.3, -0.25) is 0 Å². The average molecular weight is 285 g/mol. The van der Waals surface area contributed by atoms with Crippen LogP contribution in [0.2, 0.25) is 0 Å². The highest BCUT2D eigenvalue weighted by Gasteiger charge is 2.19. The van der Waals surface area contributed by atoms with Crippen LogP contribution in [0.1, 0.15) is 12.5 Å². The molecule has 0 unspecified atom stereocenters. The minimum Gasteiger partial charge on any atom is -0.318 e. The summed E-state index contributed by atoms with van der Waals surface area (Å²) in [5.41, 5.74) is 1.04. The van der Waals surface area contributed by atoms with Gasteiger partial charge in [-0.25, -0.2) is 13.1 Å². The molecule has 1 rings (SSSR count). The Bertz CT molecular complexity index is 471. The van der Waals surface area contributed by atoms with Crippen molar-refractivity contribution in [1.82, 2.24) is 15.4 Å². The molecule has 0 bridgehead atoms.